The number of hydrazine groups is 1. The van der Waals surface area contributed by atoms with Crippen molar-refractivity contribution >= 4 is 23.6 Å². The average molecular weight is 208 g/mol. The van der Waals surface area contributed by atoms with Crippen molar-refractivity contribution in [3.8, 4) is 0 Å². The zero-order chi connectivity index (χ0) is 9.60. The first-order valence-corrected chi connectivity index (χ1v) is 5.68. The molecule has 2 atom stereocenters. The third-order valence-electron chi connectivity index (χ3n) is 3.00. The monoisotopic (exact) mass is 208 g/mol. The third-order valence-corrected chi connectivity index (χ3v) is 4.22. The van der Waals surface area contributed by atoms with Gasteiger partial charge in [0.15, 0.2) is 4.87 Å². The normalized spacial score (nSPS) is 39.4. The molecule has 2 unspecified atom stereocenters. The van der Waals surface area contributed by atoms with E-state index in [2.05, 4.69) is 9.98 Å². The number of aliphatic imine (C=N–C) groups is 2. The number of hydrogen-bond donors (Lipinski definition) is 1. The molecular formula is C9H12N4S. The summed E-state index contributed by atoms with van der Waals surface area (Å²) >= 11 is 1.72. The van der Waals surface area contributed by atoms with Crippen LogP contribution in [0.1, 0.15) is 19.3 Å². The molecule has 1 saturated carbocycles. The van der Waals surface area contributed by atoms with Gasteiger partial charge in [-0.2, -0.15) is 0 Å². The lowest BCUT2D eigenvalue weighted by atomic mass is 9.85. The summed E-state index contributed by atoms with van der Waals surface area (Å²) in [6, 6.07) is 0.331. The summed E-state index contributed by atoms with van der Waals surface area (Å²) in [6.07, 6.45) is 7.13. The predicted octanol–water partition coefficient (Wildman–Crippen LogP) is 1.11. The Bertz CT molecular complexity index is 349. The van der Waals surface area contributed by atoms with Gasteiger partial charge in [0.1, 0.15) is 6.34 Å². The van der Waals surface area contributed by atoms with E-state index in [0.717, 1.165) is 12.8 Å². The van der Waals surface area contributed by atoms with Crippen molar-refractivity contribution in [2.45, 2.75) is 30.2 Å². The molecule has 1 aliphatic carbocycles. The molecule has 5 heteroatoms. The topological polar surface area (TPSA) is 54.0 Å². The Hall–Kier alpha value is -0.810. The summed E-state index contributed by atoms with van der Waals surface area (Å²) in [6.45, 7) is 0. The molecule has 1 fully saturated rings. The van der Waals surface area contributed by atoms with Gasteiger partial charge in [-0.3, -0.25) is 10.0 Å². The Morgan fingerprint density at radius 3 is 3.50 bits per heavy atom. The third kappa shape index (κ3) is 0.994. The Balaban J connectivity index is 2.04. The lowest BCUT2D eigenvalue weighted by Gasteiger charge is -2.38. The predicted molar refractivity (Wildman–Crippen MR) is 59.1 cm³/mol. The van der Waals surface area contributed by atoms with Gasteiger partial charge in [0, 0.05) is 6.20 Å². The van der Waals surface area contributed by atoms with Crippen LogP contribution >= 0.6 is 11.8 Å². The van der Waals surface area contributed by atoms with Crippen molar-refractivity contribution < 1.29 is 0 Å². The fourth-order valence-electron chi connectivity index (χ4n) is 2.31. The van der Waals surface area contributed by atoms with Crippen LogP contribution in [0, 0.1) is 0 Å². The molecule has 2 aliphatic heterocycles. The molecule has 0 saturated heterocycles. The Morgan fingerprint density at radius 2 is 2.57 bits per heavy atom. The lowest BCUT2D eigenvalue weighted by Crippen LogP contribution is -2.44. The number of thioether (sulfide) groups is 1. The Kier molecular flexibility index (Phi) is 1.72. The van der Waals surface area contributed by atoms with Crippen LogP contribution < -0.4 is 5.84 Å². The van der Waals surface area contributed by atoms with Crippen molar-refractivity contribution in [2.75, 3.05) is 0 Å². The van der Waals surface area contributed by atoms with E-state index in [9.17, 15) is 0 Å². The van der Waals surface area contributed by atoms with E-state index < -0.39 is 0 Å². The molecule has 3 aliphatic rings. The highest BCUT2D eigenvalue weighted by molar-refractivity contribution is 8.13. The van der Waals surface area contributed by atoms with Gasteiger partial charge >= 0.3 is 0 Å². The van der Waals surface area contributed by atoms with Gasteiger partial charge in [-0.05, 0) is 24.8 Å². The van der Waals surface area contributed by atoms with E-state index in [4.69, 9.17) is 5.84 Å². The first-order chi connectivity index (χ1) is 6.81. The molecule has 0 bridgehead atoms. The Morgan fingerprint density at radius 1 is 1.64 bits per heavy atom. The maximum absolute atomic E-state index is 5.68. The van der Waals surface area contributed by atoms with Gasteiger partial charge in [0.05, 0.1) is 11.6 Å². The van der Waals surface area contributed by atoms with E-state index in [-0.39, 0.29) is 4.87 Å². The second-order valence-corrected chi connectivity index (χ2v) is 4.89. The first-order valence-electron chi connectivity index (χ1n) is 4.80. The lowest BCUT2D eigenvalue weighted by molar-refractivity contribution is 0.417. The SMILES string of the molecule is NN1C=NC23SC=NC2CCCC3=C1. The zero-order valence-electron chi connectivity index (χ0n) is 7.76. The molecule has 3 rings (SSSR count). The van der Waals surface area contributed by atoms with E-state index in [1.54, 1.807) is 23.1 Å². The van der Waals surface area contributed by atoms with Crippen molar-refractivity contribution in [1.82, 2.24) is 5.01 Å². The fourth-order valence-corrected chi connectivity index (χ4v) is 3.43. The molecule has 2 N–H and O–H groups in total. The van der Waals surface area contributed by atoms with Crippen molar-refractivity contribution in [3.05, 3.63) is 11.8 Å². The summed E-state index contributed by atoms with van der Waals surface area (Å²) in [5, 5.41) is 1.54. The second-order valence-electron chi connectivity index (χ2n) is 3.82. The fraction of sp³-hybridized carbons (Fsp3) is 0.556. The maximum Gasteiger partial charge on any atom is 0.158 e. The van der Waals surface area contributed by atoms with Crippen molar-refractivity contribution in [3.63, 3.8) is 0 Å². The average Bonchev–Trinajstić information content (AvgIpc) is 2.59. The van der Waals surface area contributed by atoms with Crippen LogP contribution in [0.5, 0.6) is 0 Å². The van der Waals surface area contributed by atoms with Crippen molar-refractivity contribution in [1.29, 1.82) is 0 Å². The highest BCUT2D eigenvalue weighted by atomic mass is 32.2. The zero-order valence-corrected chi connectivity index (χ0v) is 8.57. The summed E-state index contributed by atoms with van der Waals surface area (Å²) in [7, 11) is 0. The van der Waals surface area contributed by atoms with Crippen LogP contribution in [0.25, 0.3) is 0 Å². The summed E-state index contributed by atoms with van der Waals surface area (Å²) in [4.78, 5) is 8.92. The van der Waals surface area contributed by atoms with Gasteiger partial charge in [-0.1, -0.05) is 11.8 Å². The van der Waals surface area contributed by atoms with Crippen LogP contribution in [0.2, 0.25) is 0 Å². The molecule has 2 heterocycles. The number of nitrogens with zero attached hydrogens (tertiary/aromatic N) is 3. The van der Waals surface area contributed by atoms with Gasteiger partial charge in [-0.15, -0.1) is 0 Å². The molecule has 0 radical (unpaired) electrons. The van der Waals surface area contributed by atoms with Gasteiger partial charge in [0.2, 0.25) is 0 Å². The van der Waals surface area contributed by atoms with Crippen LogP contribution in [-0.4, -0.2) is 27.8 Å². The molecule has 74 valence electrons. The second kappa shape index (κ2) is 2.84. The maximum atomic E-state index is 5.68. The van der Waals surface area contributed by atoms with Crippen LogP contribution in [0.15, 0.2) is 21.8 Å². The smallest absolute Gasteiger partial charge is 0.158 e. The van der Waals surface area contributed by atoms with E-state index >= 15 is 0 Å². The van der Waals surface area contributed by atoms with E-state index in [0.29, 0.717) is 6.04 Å². The molecule has 1 spiro atoms. The highest BCUT2D eigenvalue weighted by Gasteiger charge is 2.48. The Labute approximate surface area is 86.9 Å². The van der Waals surface area contributed by atoms with Gasteiger partial charge in [-0.25, -0.2) is 10.8 Å². The minimum Gasteiger partial charge on any atom is -0.279 e. The first kappa shape index (κ1) is 8.49. The molecular weight excluding hydrogens is 196 g/mol. The van der Waals surface area contributed by atoms with Gasteiger partial charge in [0.25, 0.3) is 0 Å². The number of rotatable bonds is 0. The summed E-state index contributed by atoms with van der Waals surface area (Å²) < 4.78 is 0. The molecule has 0 amide bonds. The van der Waals surface area contributed by atoms with Gasteiger partial charge < -0.3 is 0 Å². The highest BCUT2D eigenvalue weighted by Crippen LogP contribution is 2.49. The van der Waals surface area contributed by atoms with Crippen LogP contribution in [-0.2, 0) is 0 Å². The molecule has 14 heavy (non-hydrogen) atoms. The molecule has 0 aromatic rings. The molecule has 4 nitrogen and oxygen atoms in total. The standard InChI is InChI=1S/C9H12N4S/c10-13-4-7-2-1-3-8-9(7,12-5-13)14-6-11-8/h4-6,8H,1-3,10H2. The quantitative estimate of drug-likeness (QED) is 0.607. The number of hydrogen-bond acceptors (Lipinski definition) is 5. The molecule has 0 aromatic carbocycles. The van der Waals surface area contributed by atoms with Crippen LogP contribution in [0.4, 0.5) is 0 Å². The van der Waals surface area contributed by atoms with E-state index in [1.807, 2.05) is 11.7 Å². The van der Waals surface area contributed by atoms with Crippen molar-refractivity contribution in [2.24, 2.45) is 15.8 Å². The minimum absolute atomic E-state index is 0.131. The minimum atomic E-state index is -0.131. The van der Waals surface area contributed by atoms with Crippen LogP contribution in [0.3, 0.4) is 0 Å². The van der Waals surface area contributed by atoms with E-state index in [1.165, 1.54) is 12.0 Å². The summed E-state index contributed by atoms with van der Waals surface area (Å²) in [5.74, 6) is 5.68. The molecule has 0 aromatic heterocycles. The number of nitrogens with two attached hydrogens (primary N) is 1. The largest absolute Gasteiger partial charge is 0.279 e. The summed E-state index contributed by atoms with van der Waals surface area (Å²) in [5.41, 5.74) is 3.26.